The van der Waals surface area contributed by atoms with Gasteiger partial charge < -0.3 is 20.3 Å². The van der Waals surface area contributed by atoms with E-state index < -0.39 is 18.1 Å². The van der Waals surface area contributed by atoms with Gasteiger partial charge in [0.05, 0.1) is 6.10 Å². The highest BCUT2D eigenvalue weighted by molar-refractivity contribution is 5.85. The Morgan fingerprint density at radius 2 is 1.94 bits per heavy atom. The Balaban J connectivity index is 2.50. The lowest BCUT2D eigenvalue weighted by Crippen LogP contribution is -2.50. The lowest BCUT2D eigenvalue weighted by atomic mass is 9.98. The highest BCUT2D eigenvalue weighted by Gasteiger charge is 2.29. The first kappa shape index (κ1) is 12.9. The maximum absolute atomic E-state index is 11.7. The highest BCUT2D eigenvalue weighted by Crippen LogP contribution is 2.15. The number of carbonyl (C=O) groups excluding carboxylic acids is 1. The molecule has 1 heterocycles. The van der Waals surface area contributed by atoms with Crippen LogP contribution in [0, 0.1) is 5.92 Å². The maximum atomic E-state index is 11.7. The number of hydrogen-bond donors (Lipinski definition) is 3. The molecule has 1 aliphatic rings. The molecule has 2 atom stereocenters. The van der Waals surface area contributed by atoms with E-state index in [1.54, 1.807) is 0 Å². The van der Waals surface area contributed by atoms with Crippen molar-refractivity contribution in [1.82, 2.24) is 5.32 Å². The first-order valence-electron chi connectivity index (χ1n) is 5.31. The number of hydrogen-bond acceptors (Lipinski definition) is 4. The minimum absolute atomic E-state index is 0.214. The molecule has 3 N–H and O–H groups in total. The van der Waals surface area contributed by atoms with Crippen LogP contribution in [0.5, 0.6) is 0 Å². The standard InChI is InChI=1S/C10H17NO5/c1-6(12)8(10(14)15)11-9(13)7-2-4-16-5-3-7/h6-8,12H,2-5H2,1H3,(H,11,13)(H,14,15). The molecule has 16 heavy (non-hydrogen) atoms. The van der Waals surface area contributed by atoms with Crippen molar-refractivity contribution in [2.24, 2.45) is 5.92 Å². The number of rotatable bonds is 4. The van der Waals surface area contributed by atoms with Crippen LogP contribution in [0.1, 0.15) is 19.8 Å². The number of carboxylic acid groups (broad SMARTS) is 1. The molecule has 0 aliphatic carbocycles. The molecule has 0 aromatic rings. The molecule has 1 aliphatic heterocycles. The number of ether oxygens (including phenoxy) is 1. The van der Waals surface area contributed by atoms with E-state index in [1.807, 2.05) is 0 Å². The van der Waals surface area contributed by atoms with Crippen LogP contribution in [0.4, 0.5) is 0 Å². The largest absolute Gasteiger partial charge is 0.480 e. The first-order valence-corrected chi connectivity index (χ1v) is 5.31. The van der Waals surface area contributed by atoms with Crippen LogP contribution in [0.3, 0.4) is 0 Å². The molecule has 1 rings (SSSR count). The normalized spacial score (nSPS) is 21.1. The summed E-state index contributed by atoms with van der Waals surface area (Å²) in [7, 11) is 0. The van der Waals surface area contributed by atoms with Gasteiger partial charge in [0.15, 0.2) is 6.04 Å². The fourth-order valence-corrected chi connectivity index (χ4v) is 1.62. The van der Waals surface area contributed by atoms with Crippen LogP contribution in [0.15, 0.2) is 0 Å². The number of aliphatic hydroxyl groups is 1. The van der Waals surface area contributed by atoms with Gasteiger partial charge in [0.2, 0.25) is 5.91 Å². The summed E-state index contributed by atoms with van der Waals surface area (Å²) >= 11 is 0. The Morgan fingerprint density at radius 1 is 1.38 bits per heavy atom. The van der Waals surface area contributed by atoms with Crippen molar-refractivity contribution in [1.29, 1.82) is 0 Å². The Bertz CT molecular complexity index is 260. The summed E-state index contributed by atoms with van der Waals surface area (Å²) in [6.45, 7) is 2.37. The molecule has 2 unspecified atom stereocenters. The van der Waals surface area contributed by atoms with Crippen LogP contribution >= 0.6 is 0 Å². The van der Waals surface area contributed by atoms with E-state index in [0.717, 1.165) is 0 Å². The third-order valence-electron chi connectivity index (χ3n) is 2.64. The summed E-state index contributed by atoms with van der Waals surface area (Å²) in [5.41, 5.74) is 0. The molecule has 1 fully saturated rings. The minimum Gasteiger partial charge on any atom is -0.480 e. The summed E-state index contributed by atoms with van der Waals surface area (Å²) in [5, 5.41) is 20.3. The van der Waals surface area contributed by atoms with Crippen molar-refractivity contribution in [2.45, 2.75) is 31.9 Å². The lowest BCUT2D eigenvalue weighted by molar-refractivity contribution is -0.146. The topological polar surface area (TPSA) is 95.9 Å². The Hall–Kier alpha value is -1.14. The number of amides is 1. The monoisotopic (exact) mass is 231 g/mol. The average Bonchev–Trinajstić information content (AvgIpc) is 2.25. The molecule has 0 radical (unpaired) electrons. The predicted molar refractivity (Wildman–Crippen MR) is 54.8 cm³/mol. The SMILES string of the molecule is CC(O)C(NC(=O)C1CCOCC1)C(=O)O. The summed E-state index contributed by atoms with van der Waals surface area (Å²) in [6, 6.07) is -1.24. The van der Waals surface area contributed by atoms with Crippen LogP contribution in [-0.4, -0.2) is 47.4 Å². The van der Waals surface area contributed by atoms with Gasteiger partial charge in [-0.3, -0.25) is 4.79 Å². The second kappa shape index (κ2) is 5.81. The van der Waals surface area contributed by atoms with Gasteiger partial charge in [0.25, 0.3) is 0 Å². The Kier molecular flexibility index (Phi) is 4.70. The van der Waals surface area contributed by atoms with Gasteiger partial charge in [-0.1, -0.05) is 0 Å². The Morgan fingerprint density at radius 3 is 2.38 bits per heavy atom. The van der Waals surface area contributed by atoms with E-state index in [1.165, 1.54) is 6.92 Å². The molecule has 1 saturated heterocycles. The van der Waals surface area contributed by atoms with E-state index in [4.69, 9.17) is 9.84 Å². The molecule has 6 heteroatoms. The van der Waals surface area contributed by atoms with Gasteiger partial charge in [-0.05, 0) is 19.8 Å². The van der Waals surface area contributed by atoms with Crippen molar-refractivity contribution in [3.8, 4) is 0 Å². The predicted octanol–water partition coefficient (Wildman–Crippen LogP) is -0.637. The summed E-state index contributed by atoms with van der Waals surface area (Å²) in [6.07, 6.45) is 0.0805. The van der Waals surface area contributed by atoms with Crippen LogP contribution in [0.25, 0.3) is 0 Å². The molecule has 1 amide bonds. The molecule has 0 saturated carbocycles. The van der Waals surface area contributed by atoms with Gasteiger partial charge in [-0.25, -0.2) is 4.79 Å². The fraction of sp³-hybridized carbons (Fsp3) is 0.800. The minimum atomic E-state index is -1.24. The number of carboxylic acids is 1. The summed E-state index contributed by atoms with van der Waals surface area (Å²) in [5.74, 6) is -1.76. The number of carbonyl (C=O) groups is 2. The van der Waals surface area contributed by atoms with Crippen molar-refractivity contribution >= 4 is 11.9 Å². The Labute approximate surface area is 93.6 Å². The third kappa shape index (κ3) is 3.46. The lowest BCUT2D eigenvalue weighted by Gasteiger charge is -2.24. The van der Waals surface area contributed by atoms with Crippen LogP contribution < -0.4 is 5.32 Å². The number of aliphatic carboxylic acids is 1. The van der Waals surface area contributed by atoms with Crippen molar-refractivity contribution in [2.75, 3.05) is 13.2 Å². The molecular weight excluding hydrogens is 214 g/mol. The highest BCUT2D eigenvalue weighted by atomic mass is 16.5. The van der Waals surface area contributed by atoms with Crippen molar-refractivity contribution in [3.63, 3.8) is 0 Å². The van der Waals surface area contributed by atoms with E-state index >= 15 is 0 Å². The molecule has 6 nitrogen and oxygen atoms in total. The molecule has 0 aromatic heterocycles. The van der Waals surface area contributed by atoms with Crippen molar-refractivity contribution in [3.05, 3.63) is 0 Å². The first-order chi connectivity index (χ1) is 7.52. The molecule has 0 spiro atoms. The van der Waals surface area contributed by atoms with E-state index in [9.17, 15) is 14.7 Å². The van der Waals surface area contributed by atoms with Crippen LogP contribution in [-0.2, 0) is 14.3 Å². The summed E-state index contributed by atoms with van der Waals surface area (Å²) < 4.78 is 5.10. The smallest absolute Gasteiger partial charge is 0.328 e. The van der Waals surface area contributed by atoms with Gasteiger partial charge >= 0.3 is 5.97 Å². The molecule has 0 bridgehead atoms. The van der Waals surface area contributed by atoms with Gasteiger partial charge in [0.1, 0.15) is 0 Å². The molecule has 92 valence electrons. The van der Waals surface area contributed by atoms with Crippen molar-refractivity contribution < 1.29 is 24.5 Å². The zero-order valence-electron chi connectivity index (χ0n) is 9.18. The van der Waals surface area contributed by atoms with E-state index in [2.05, 4.69) is 5.32 Å². The number of nitrogens with one attached hydrogen (secondary N) is 1. The van der Waals surface area contributed by atoms with Crippen LogP contribution in [0.2, 0.25) is 0 Å². The summed E-state index contributed by atoms with van der Waals surface area (Å²) in [4.78, 5) is 22.4. The average molecular weight is 231 g/mol. The second-order valence-electron chi connectivity index (χ2n) is 3.95. The molecular formula is C10H17NO5. The maximum Gasteiger partial charge on any atom is 0.328 e. The van der Waals surface area contributed by atoms with Gasteiger partial charge in [0, 0.05) is 19.1 Å². The quantitative estimate of drug-likeness (QED) is 0.598. The zero-order valence-corrected chi connectivity index (χ0v) is 9.18. The second-order valence-corrected chi connectivity index (χ2v) is 3.95. The zero-order chi connectivity index (χ0) is 12.1. The molecule has 0 aromatic carbocycles. The van der Waals surface area contributed by atoms with E-state index in [-0.39, 0.29) is 11.8 Å². The van der Waals surface area contributed by atoms with Gasteiger partial charge in [-0.15, -0.1) is 0 Å². The fourth-order valence-electron chi connectivity index (χ4n) is 1.62. The third-order valence-corrected chi connectivity index (χ3v) is 2.64. The van der Waals surface area contributed by atoms with Gasteiger partial charge in [-0.2, -0.15) is 0 Å². The number of aliphatic hydroxyl groups excluding tert-OH is 1. The van der Waals surface area contributed by atoms with E-state index in [0.29, 0.717) is 26.1 Å².